The first-order valence-electron chi connectivity index (χ1n) is 7.60. The molecule has 1 saturated heterocycles. The van der Waals surface area contributed by atoms with Crippen LogP contribution in [0.1, 0.15) is 48.4 Å². The molecule has 1 aliphatic heterocycles. The maximum absolute atomic E-state index is 12.1. The van der Waals surface area contributed by atoms with Crippen LogP contribution in [0.15, 0.2) is 18.2 Å². The SMILES string of the molecule is CNC(CN1C(=O)CCCCC1=O)c1cc(C)ccc1C. The summed E-state index contributed by atoms with van der Waals surface area (Å²) in [6, 6.07) is 6.27. The van der Waals surface area contributed by atoms with Gasteiger partial charge in [0.25, 0.3) is 0 Å². The average molecular weight is 288 g/mol. The highest BCUT2D eigenvalue weighted by atomic mass is 16.2. The molecule has 1 fully saturated rings. The summed E-state index contributed by atoms with van der Waals surface area (Å²) in [5.41, 5.74) is 3.52. The van der Waals surface area contributed by atoms with Crippen LogP contribution in [-0.4, -0.2) is 30.3 Å². The van der Waals surface area contributed by atoms with Crippen molar-refractivity contribution in [3.8, 4) is 0 Å². The standard InChI is InChI=1S/C17H24N2O2/c1-12-8-9-13(2)14(10-12)15(18-3)11-19-16(20)6-4-5-7-17(19)21/h8-10,15,18H,4-7,11H2,1-3H3. The molecular formula is C17H24N2O2. The third kappa shape index (κ3) is 3.70. The molecule has 1 N–H and O–H groups in total. The van der Waals surface area contributed by atoms with E-state index in [2.05, 4.69) is 37.4 Å². The lowest BCUT2D eigenvalue weighted by atomic mass is 9.98. The number of likely N-dealkylation sites (N-methyl/N-ethyl adjacent to an activating group) is 1. The molecule has 1 aliphatic rings. The number of nitrogens with zero attached hydrogens (tertiary/aromatic N) is 1. The highest BCUT2D eigenvalue weighted by molar-refractivity contribution is 5.96. The fourth-order valence-electron chi connectivity index (χ4n) is 2.83. The molecule has 4 heteroatoms. The van der Waals surface area contributed by atoms with Crippen LogP contribution in [0.2, 0.25) is 0 Å². The van der Waals surface area contributed by atoms with Crippen LogP contribution < -0.4 is 5.32 Å². The molecule has 1 unspecified atom stereocenters. The summed E-state index contributed by atoms with van der Waals surface area (Å²) in [6.45, 7) is 4.53. The molecule has 2 amide bonds. The van der Waals surface area contributed by atoms with E-state index in [1.165, 1.54) is 16.0 Å². The lowest BCUT2D eigenvalue weighted by Crippen LogP contribution is -2.41. The van der Waals surface area contributed by atoms with E-state index in [1.54, 1.807) is 0 Å². The molecule has 0 radical (unpaired) electrons. The van der Waals surface area contributed by atoms with Gasteiger partial charge in [0.1, 0.15) is 0 Å². The third-order valence-corrected chi connectivity index (χ3v) is 4.16. The van der Waals surface area contributed by atoms with Gasteiger partial charge in [-0.05, 0) is 44.9 Å². The first-order chi connectivity index (χ1) is 10.0. The average Bonchev–Trinajstić information content (AvgIpc) is 2.61. The van der Waals surface area contributed by atoms with Gasteiger partial charge < -0.3 is 5.32 Å². The van der Waals surface area contributed by atoms with Gasteiger partial charge in [-0.15, -0.1) is 0 Å². The largest absolute Gasteiger partial charge is 0.312 e. The zero-order valence-corrected chi connectivity index (χ0v) is 13.1. The van der Waals surface area contributed by atoms with E-state index in [0.717, 1.165) is 18.4 Å². The first-order valence-corrected chi connectivity index (χ1v) is 7.60. The van der Waals surface area contributed by atoms with Crippen LogP contribution in [-0.2, 0) is 9.59 Å². The summed E-state index contributed by atoms with van der Waals surface area (Å²) < 4.78 is 0. The number of likely N-dealkylation sites (tertiary alicyclic amines) is 1. The van der Waals surface area contributed by atoms with Crippen LogP contribution in [0, 0.1) is 13.8 Å². The van der Waals surface area contributed by atoms with Crippen LogP contribution in [0.3, 0.4) is 0 Å². The molecule has 1 aromatic carbocycles. The second-order valence-electron chi connectivity index (χ2n) is 5.81. The van der Waals surface area contributed by atoms with Crippen molar-refractivity contribution < 1.29 is 9.59 Å². The lowest BCUT2D eigenvalue weighted by Gasteiger charge is -2.26. The third-order valence-electron chi connectivity index (χ3n) is 4.16. The van der Waals surface area contributed by atoms with Crippen molar-refractivity contribution in [1.29, 1.82) is 0 Å². The van der Waals surface area contributed by atoms with Gasteiger partial charge in [0, 0.05) is 19.4 Å². The molecule has 2 rings (SSSR count). The number of imide groups is 1. The van der Waals surface area contributed by atoms with Gasteiger partial charge in [-0.25, -0.2) is 0 Å². The van der Waals surface area contributed by atoms with Crippen LogP contribution >= 0.6 is 0 Å². The molecule has 0 spiro atoms. The fraction of sp³-hybridized carbons (Fsp3) is 0.529. The number of nitrogens with one attached hydrogen (secondary N) is 1. The quantitative estimate of drug-likeness (QED) is 0.866. The van der Waals surface area contributed by atoms with Crippen LogP contribution in [0.4, 0.5) is 0 Å². The molecular weight excluding hydrogens is 264 g/mol. The number of hydrogen-bond donors (Lipinski definition) is 1. The second kappa shape index (κ2) is 6.85. The summed E-state index contributed by atoms with van der Waals surface area (Å²) in [5.74, 6) is -0.0777. The lowest BCUT2D eigenvalue weighted by molar-refractivity contribution is -0.144. The van der Waals surface area contributed by atoms with Gasteiger partial charge in [0.15, 0.2) is 0 Å². The summed E-state index contributed by atoms with van der Waals surface area (Å²) in [4.78, 5) is 25.7. The van der Waals surface area contributed by atoms with Gasteiger partial charge in [-0.3, -0.25) is 14.5 Å². The minimum atomic E-state index is -0.0388. The van der Waals surface area contributed by atoms with E-state index in [9.17, 15) is 9.59 Å². The Bertz CT molecular complexity index is 522. The predicted octanol–water partition coefficient (Wildman–Crippen LogP) is 2.49. The minimum Gasteiger partial charge on any atom is -0.312 e. The number of amides is 2. The molecule has 0 aliphatic carbocycles. The normalized spacial score (nSPS) is 17.8. The molecule has 4 nitrogen and oxygen atoms in total. The maximum atomic E-state index is 12.1. The number of carbonyl (C=O) groups is 2. The molecule has 114 valence electrons. The van der Waals surface area contributed by atoms with E-state index in [0.29, 0.717) is 19.4 Å². The maximum Gasteiger partial charge on any atom is 0.229 e. The van der Waals surface area contributed by atoms with Gasteiger partial charge in [0.05, 0.1) is 6.04 Å². The van der Waals surface area contributed by atoms with Crippen molar-refractivity contribution >= 4 is 11.8 Å². The molecule has 1 heterocycles. The van der Waals surface area contributed by atoms with Crippen molar-refractivity contribution in [3.05, 3.63) is 34.9 Å². The summed E-state index contributed by atoms with van der Waals surface area (Å²) in [7, 11) is 1.87. The Hall–Kier alpha value is -1.68. The topological polar surface area (TPSA) is 49.4 Å². The fourth-order valence-corrected chi connectivity index (χ4v) is 2.83. The summed E-state index contributed by atoms with van der Waals surface area (Å²) in [5, 5.41) is 3.25. The zero-order chi connectivity index (χ0) is 15.4. The van der Waals surface area contributed by atoms with Crippen LogP contribution in [0.25, 0.3) is 0 Å². The number of aryl methyl sites for hydroxylation is 2. The van der Waals surface area contributed by atoms with Crippen molar-refractivity contribution in [2.24, 2.45) is 0 Å². The van der Waals surface area contributed by atoms with E-state index in [-0.39, 0.29) is 17.9 Å². The van der Waals surface area contributed by atoms with Crippen molar-refractivity contribution in [2.45, 2.75) is 45.6 Å². The van der Waals surface area contributed by atoms with Crippen LogP contribution in [0.5, 0.6) is 0 Å². The number of benzene rings is 1. The molecule has 1 atom stereocenters. The molecule has 21 heavy (non-hydrogen) atoms. The molecule has 0 saturated carbocycles. The van der Waals surface area contributed by atoms with Gasteiger partial charge in [-0.2, -0.15) is 0 Å². The first kappa shape index (κ1) is 15.7. The Morgan fingerprint density at radius 3 is 2.33 bits per heavy atom. The number of hydrogen-bond acceptors (Lipinski definition) is 3. The van der Waals surface area contributed by atoms with Gasteiger partial charge >= 0.3 is 0 Å². The van der Waals surface area contributed by atoms with Crippen molar-refractivity contribution in [3.63, 3.8) is 0 Å². The summed E-state index contributed by atoms with van der Waals surface area (Å²) >= 11 is 0. The Kier molecular flexibility index (Phi) is 5.12. The van der Waals surface area contributed by atoms with Gasteiger partial charge in [0.2, 0.25) is 11.8 Å². The second-order valence-corrected chi connectivity index (χ2v) is 5.81. The molecule has 0 aromatic heterocycles. The molecule has 0 bridgehead atoms. The Balaban J connectivity index is 2.23. The Labute approximate surface area is 126 Å². The Morgan fingerprint density at radius 1 is 1.14 bits per heavy atom. The van der Waals surface area contributed by atoms with E-state index >= 15 is 0 Å². The van der Waals surface area contributed by atoms with E-state index in [1.807, 2.05) is 7.05 Å². The Morgan fingerprint density at radius 2 is 1.76 bits per heavy atom. The number of rotatable bonds is 4. The van der Waals surface area contributed by atoms with E-state index < -0.39 is 0 Å². The highest BCUT2D eigenvalue weighted by Gasteiger charge is 2.27. The van der Waals surface area contributed by atoms with Gasteiger partial charge in [-0.1, -0.05) is 23.8 Å². The minimum absolute atomic E-state index is 0.0177. The van der Waals surface area contributed by atoms with Crippen molar-refractivity contribution in [1.82, 2.24) is 10.2 Å². The molecule has 1 aromatic rings. The summed E-state index contributed by atoms with van der Waals surface area (Å²) in [6.07, 6.45) is 2.59. The van der Waals surface area contributed by atoms with Crippen molar-refractivity contribution in [2.75, 3.05) is 13.6 Å². The smallest absolute Gasteiger partial charge is 0.229 e. The zero-order valence-electron chi connectivity index (χ0n) is 13.1. The number of carbonyl (C=O) groups excluding carboxylic acids is 2. The predicted molar refractivity (Wildman–Crippen MR) is 82.9 cm³/mol. The van der Waals surface area contributed by atoms with E-state index in [4.69, 9.17) is 0 Å². The highest BCUT2D eigenvalue weighted by Crippen LogP contribution is 2.22. The monoisotopic (exact) mass is 288 g/mol.